The molecule has 0 unspecified atom stereocenters. The molecular weight excluding hydrogens is 318 g/mol. The highest BCUT2D eigenvalue weighted by Gasteiger charge is 2.09. The van der Waals surface area contributed by atoms with Crippen LogP contribution in [-0.2, 0) is 0 Å². The van der Waals surface area contributed by atoms with Crippen LogP contribution in [0.15, 0.2) is 51.4 Å². The fourth-order valence-corrected chi connectivity index (χ4v) is 2.90. The molecule has 0 N–H and O–H groups in total. The van der Waals surface area contributed by atoms with E-state index in [-0.39, 0.29) is 0 Å². The zero-order valence-electron chi connectivity index (χ0n) is 11.4. The van der Waals surface area contributed by atoms with Gasteiger partial charge in [0, 0.05) is 5.75 Å². The largest absolute Gasteiger partial charge is 0.493 e. The average Bonchev–Trinajstić information content (AvgIpc) is 3.23. The summed E-state index contributed by atoms with van der Waals surface area (Å²) >= 11 is 3.02. The van der Waals surface area contributed by atoms with Crippen LogP contribution in [-0.4, -0.2) is 22.6 Å². The molecule has 0 saturated heterocycles. The Bertz CT molecular complexity index is 761. The maximum atomic E-state index is 8.72. The quantitative estimate of drug-likeness (QED) is 0.505. The number of ether oxygens (including phenoxy) is 1. The molecule has 0 aliphatic heterocycles. The van der Waals surface area contributed by atoms with Gasteiger partial charge in [-0.2, -0.15) is 5.26 Å². The van der Waals surface area contributed by atoms with Crippen molar-refractivity contribution in [2.24, 2.45) is 0 Å². The van der Waals surface area contributed by atoms with Gasteiger partial charge in [0.05, 0.1) is 23.1 Å². The number of aromatic nitrogens is 2. The van der Waals surface area contributed by atoms with Crippen molar-refractivity contribution in [1.29, 1.82) is 5.26 Å². The highest BCUT2D eigenvalue weighted by Crippen LogP contribution is 2.26. The van der Waals surface area contributed by atoms with E-state index in [1.165, 1.54) is 11.8 Å². The minimum absolute atomic E-state index is 0.521. The van der Waals surface area contributed by atoms with E-state index in [1.807, 2.05) is 17.5 Å². The number of thioether (sulfide) groups is 1. The van der Waals surface area contributed by atoms with Gasteiger partial charge in [-0.25, -0.2) is 0 Å². The Morgan fingerprint density at radius 2 is 2.09 bits per heavy atom. The SMILES string of the molecule is N#Cc1ccc(OCCSc2nnc(-c3cccs3)o2)cc1. The zero-order chi connectivity index (χ0) is 15.2. The van der Waals surface area contributed by atoms with Crippen LogP contribution in [0.1, 0.15) is 5.56 Å². The number of nitrogens with zero attached hydrogens (tertiary/aromatic N) is 3. The van der Waals surface area contributed by atoms with Gasteiger partial charge in [-0.3, -0.25) is 0 Å². The van der Waals surface area contributed by atoms with Crippen molar-refractivity contribution in [2.45, 2.75) is 5.22 Å². The Morgan fingerprint density at radius 3 is 2.82 bits per heavy atom. The van der Waals surface area contributed by atoms with Crippen LogP contribution in [0.5, 0.6) is 5.75 Å². The molecule has 0 atom stereocenters. The minimum atomic E-state index is 0.521. The second-order valence-electron chi connectivity index (χ2n) is 4.18. The molecular formula is C15H11N3O2S2. The first kappa shape index (κ1) is 14.6. The van der Waals surface area contributed by atoms with E-state index in [1.54, 1.807) is 35.6 Å². The van der Waals surface area contributed by atoms with Gasteiger partial charge in [-0.15, -0.1) is 21.5 Å². The molecule has 0 aliphatic rings. The highest BCUT2D eigenvalue weighted by atomic mass is 32.2. The van der Waals surface area contributed by atoms with Crippen molar-refractivity contribution in [3.05, 3.63) is 47.3 Å². The lowest BCUT2D eigenvalue weighted by Crippen LogP contribution is -1.99. The van der Waals surface area contributed by atoms with Gasteiger partial charge < -0.3 is 9.15 Å². The molecule has 0 saturated carbocycles. The lowest BCUT2D eigenvalue weighted by molar-refractivity contribution is 0.343. The lowest BCUT2D eigenvalue weighted by atomic mass is 10.2. The van der Waals surface area contributed by atoms with E-state index in [0.717, 1.165) is 10.6 Å². The van der Waals surface area contributed by atoms with Crippen molar-refractivity contribution in [1.82, 2.24) is 10.2 Å². The van der Waals surface area contributed by atoms with Gasteiger partial charge >= 0.3 is 0 Å². The van der Waals surface area contributed by atoms with Gasteiger partial charge in [0.1, 0.15) is 5.75 Å². The van der Waals surface area contributed by atoms with Crippen molar-refractivity contribution < 1.29 is 9.15 Å². The second-order valence-corrected chi connectivity index (χ2v) is 6.18. The number of benzene rings is 1. The normalized spacial score (nSPS) is 10.3. The predicted octanol–water partition coefficient (Wildman–Crippen LogP) is 3.84. The summed E-state index contributed by atoms with van der Waals surface area (Å²) in [6.07, 6.45) is 0. The first-order chi connectivity index (χ1) is 10.8. The van der Waals surface area contributed by atoms with Crippen molar-refractivity contribution in [3.63, 3.8) is 0 Å². The summed E-state index contributed by atoms with van der Waals surface area (Å²) in [7, 11) is 0. The van der Waals surface area contributed by atoms with Gasteiger partial charge in [0.25, 0.3) is 11.1 Å². The number of thiophene rings is 1. The predicted molar refractivity (Wildman–Crippen MR) is 85.0 cm³/mol. The number of hydrogen-bond acceptors (Lipinski definition) is 7. The topological polar surface area (TPSA) is 71.9 Å². The summed E-state index contributed by atoms with van der Waals surface area (Å²) in [6.45, 7) is 0.521. The van der Waals surface area contributed by atoms with Crippen LogP contribution in [0.3, 0.4) is 0 Å². The third kappa shape index (κ3) is 3.67. The van der Waals surface area contributed by atoms with Crippen LogP contribution in [0.4, 0.5) is 0 Å². The molecule has 3 rings (SSSR count). The van der Waals surface area contributed by atoms with E-state index in [0.29, 0.717) is 29.0 Å². The summed E-state index contributed by atoms with van der Waals surface area (Å²) in [6, 6.07) is 13.0. The fraction of sp³-hybridized carbons (Fsp3) is 0.133. The Balaban J connectivity index is 1.46. The molecule has 0 radical (unpaired) electrons. The van der Waals surface area contributed by atoms with E-state index in [4.69, 9.17) is 14.4 Å². The molecule has 2 heterocycles. The van der Waals surface area contributed by atoms with Crippen LogP contribution in [0, 0.1) is 11.3 Å². The Hall–Kier alpha value is -2.30. The highest BCUT2D eigenvalue weighted by molar-refractivity contribution is 7.99. The van der Waals surface area contributed by atoms with Gasteiger partial charge in [0.15, 0.2) is 0 Å². The molecule has 0 fully saturated rings. The Labute approximate surface area is 135 Å². The summed E-state index contributed by atoms with van der Waals surface area (Å²) < 4.78 is 11.2. The first-order valence-electron chi connectivity index (χ1n) is 6.48. The first-order valence-corrected chi connectivity index (χ1v) is 8.35. The third-order valence-electron chi connectivity index (χ3n) is 2.70. The average molecular weight is 329 g/mol. The van der Waals surface area contributed by atoms with Crippen LogP contribution >= 0.6 is 23.1 Å². The summed E-state index contributed by atoms with van der Waals surface area (Å²) in [5, 5.41) is 19.2. The maximum absolute atomic E-state index is 8.72. The number of rotatable bonds is 6. The van der Waals surface area contributed by atoms with Crippen molar-refractivity contribution in [2.75, 3.05) is 12.4 Å². The molecule has 0 spiro atoms. The molecule has 1 aromatic carbocycles. The smallest absolute Gasteiger partial charge is 0.277 e. The van der Waals surface area contributed by atoms with E-state index < -0.39 is 0 Å². The standard InChI is InChI=1S/C15H11N3O2S2/c16-10-11-3-5-12(6-4-11)19-7-9-22-15-18-17-14(20-15)13-2-1-8-21-13/h1-6,8H,7,9H2. The van der Waals surface area contributed by atoms with Gasteiger partial charge in [0.2, 0.25) is 0 Å². The molecule has 22 heavy (non-hydrogen) atoms. The Morgan fingerprint density at radius 1 is 1.23 bits per heavy atom. The molecule has 7 heteroatoms. The van der Waals surface area contributed by atoms with Crippen molar-refractivity contribution >= 4 is 23.1 Å². The van der Waals surface area contributed by atoms with Crippen LogP contribution in [0.2, 0.25) is 0 Å². The molecule has 0 aliphatic carbocycles. The number of hydrogen-bond donors (Lipinski definition) is 0. The summed E-state index contributed by atoms with van der Waals surface area (Å²) in [5.74, 6) is 1.99. The van der Waals surface area contributed by atoms with Gasteiger partial charge in [-0.1, -0.05) is 17.8 Å². The molecule has 2 aromatic heterocycles. The zero-order valence-corrected chi connectivity index (χ0v) is 13.1. The van der Waals surface area contributed by atoms with E-state index in [9.17, 15) is 0 Å². The molecule has 110 valence electrons. The molecule has 3 aromatic rings. The van der Waals surface area contributed by atoms with Crippen LogP contribution in [0.25, 0.3) is 10.8 Å². The molecule has 5 nitrogen and oxygen atoms in total. The maximum Gasteiger partial charge on any atom is 0.277 e. The van der Waals surface area contributed by atoms with E-state index in [2.05, 4.69) is 16.3 Å². The Kier molecular flexibility index (Phi) is 4.73. The summed E-state index contributed by atoms with van der Waals surface area (Å²) in [5.41, 5.74) is 0.619. The van der Waals surface area contributed by atoms with Crippen LogP contribution < -0.4 is 4.74 Å². The second kappa shape index (κ2) is 7.11. The molecule has 0 bridgehead atoms. The third-order valence-corrected chi connectivity index (χ3v) is 4.34. The monoisotopic (exact) mass is 329 g/mol. The van der Waals surface area contributed by atoms with E-state index >= 15 is 0 Å². The van der Waals surface area contributed by atoms with Gasteiger partial charge in [-0.05, 0) is 35.7 Å². The minimum Gasteiger partial charge on any atom is -0.493 e. The summed E-state index contributed by atoms with van der Waals surface area (Å²) in [4.78, 5) is 0.966. The lowest BCUT2D eigenvalue weighted by Gasteiger charge is -2.04. The molecule has 0 amide bonds. The fourth-order valence-electron chi connectivity index (χ4n) is 1.68. The van der Waals surface area contributed by atoms with Crippen molar-refractivity contribution in [3.8, 4) is 22.6 Å². The number of nitriles is 1.